The highest BCUT2D eigenvalue weighted by atomic mass is 32.1. The van der Waals surface area contributed by atoms with Gasteiger partial charge in [-0.2, -0.15) is 0 Å². The second kappa shape index (κ2) is 15.2. The van der Waals surface area contributed by atoms with Crippen molar-refractivity contribution >= 4 is 92.1 Å². The van der Waals surface area contributed by atoms with E-state index in [0.717, 1.165) is 72.6 Å². The molecule has 10 aromatic carbocycles. The van der Waals surface area contributed by atoms with Gasteiger partial charge in [-0.25, -0.2) is 9.97 Å². The van der Waals surface area contributed by atoms with E-state index in [9.17, 15) is 0 Å². The molecule has 0 amide bonds. The van der Waals surface area contributed by atoms with Crippen molar-refractivity contribution in [3.63, 3.8) is 0 Å². The highest BCUT2D eigenvalue weighted by Gasteiger charge is 2.20. The van der Waals surface area contributed by atoms with Crippen molar-refractivity contribution in [1.29, 1.82) is 0 Å². The lowest BCUT2D eigenvalue weighted by atomic mass is 10.0. The lowest BCUT2D eigenvalue weighted by molar-refractivity contribution is 1.17. The second-order valence-corrected chi connectivity index (χ2v) is 17.7. The predicted molar refractivity (Wildman–Crippen MR) is 275 cm³/mol. The summed E-state index contributed by atoms with van der Waals surface area (Å²) >= 11 is 1.85. The minimum atomic E-state index is 0.714. The van der Waals surface area contributed by atoms with E-state index in [-0.39, 0.29) is 0 Å². The van der Waals surface area contributed by atoms with Crippen molar-refractivity contribution in [2.24, 2.45) is 0 Å². The van der Waals surface area contributed by atoms with E-state index >= 15 is 0 Å². The number of benzene rings is 10. The van der Waals surface area contributed by atoms with Crippen LogP contribution in [-0.4, -0.2) is 14.5 Å². The molecule has 0 aliphatic carbocycles. The Hall–Kier alpha value is -8.38. The van der Waals surface area contributed by atoms with E-state index in [1.807, 2.05) is 29.5 Å². The zero-order valence-corrected chi connectivity index (χ0v) is 36.0. The molecule has 0 atom stereocenters. The van der Waals surface area contributed by atoms with Gasteiger partial charge >= 0.3 is 0 Å². The van der Waals surface area contributed by atoms with Crippen molar-refractivity contribution in [3.8, 4) is 39.5 Å². The molecule has 3 aromatic heterocycles. The number of para-hydroxylation sites is 2. The molecule has 0 unspecified atom stereocenters. The number of fused-ring (bicyclic) bond motifs is 8. The molecule has 65 heavy (non-hydrogen) atoms. The number of thiophene rings is 1. The molecule has 0 aliphatic rings. The molecule has 3 heterocycles. The van der Waals surface area contributed by atoms with E-state index in [2.05, 4.69) is 222 Å². The highest BCUT2D eigenvalue weighted by Crippen LogP contribution is 2.44. The number of aromatic nitrogens is 3. The molecule has 0 bridgehead atoms. The van der Waals surface area contributed by atoms with E-state index in [0.29, 0.717) is 5.82 Å². The van der Waals surface area contributed by atoms with Crippen LogP contribution in [0.1, 0.15) is 0 Å². The summed E-state index contributed by atoms with van der Waals surface area (Å²) in [6.07, 6.45) is 0. The third-order valence-corrected chi connectivity index (χ3v) is 13.9. The van der Waals surface area contributed by atoms with Crippen molar-refractivity contribution in [3.05, 3.63) is 231 Å². The minimum absolute atomic E-state index is 0.714. The number of anilines is 3. The molecule has 0 saturated carbocycles. The average Bonchev–Trinajstić information content (AvgIpc) is 3.92. The summed E-state index contributed by atoms with van der Waals surface area (Å²) in [5.74, 6) is 0.714. The van der Waals surface area contributed by atoms with Crippen molar-refractivity contribution in [1.82, 2.24) is 14.5 Å². The van der Waals surface area contributed by atoms with Crippen molar-refractivity contribution < 1.29 is 0 Å². The van der Waals surface area contributed by atoms with Crippen LogP contribution in [0.2, 0.25) is 0 Å². The summed E-state index contributed by atoms with van der Waals surface area (Å²) in [6.45, 7) is 0. The second-order valence-electron chi connectivity index (χ2n) is 16.6. The predicted octanol–water partition coefficient (Wildman–Crippen LogP) is 16.7. The molecular weight excluding hydrogens is 809 g/mol. The number of rotatable bonds is 7. The molecule has 4 nitrogen and oxygen atoms in total. The van der Waals surface area contributed by atoms with Crippen LogP contribution in [0, 0.1) is 0 Å². The summed E-state index contributed by atoms with van der Waals surface area (Å²) in [5.41, 5.74) is 12.9. The fraction of sp³-hybridized carbons (Fsp3) is 0. The van der Waals surface area contributed by atoms with Crippen LogP contribution in [0.25, 0.3) is 103 Å². The normalized spacial score (nSPS) is 11.7. The Balaban J connectivity index is 0.941. The maximum atomic E-state index is 5.13. The van der Waals surface area contributed by atoms with Crippen LogP contribution in [-0.2, 0) is 0 Å². The van der Waals surface area contributed by atoms with Gasteiger partial charge in [-0.1, -0.05) is 164 Å². The van der Waals surface area contributed by atoms with Crippen LogP contribution < -0.4 is 4.90 Å². The molecule has 304 valence electrons. The van der Waals surface area contributed by atoms with Gasteiger partial charge in [0.15, 0.2) is 5.82 Å². The fourth-order valence-corrected chi connectivity index (χ4v) is 10.8. The summed E-state index contributed by atoms with van der Waals surface area (Å²) < 4.78 is 5.02. The molecule has 0 N–H and O–H groups in total. The first-order chi connectivity index (χ1) is 32.2. The van der Waals surface area contributed by atoms with E-state index < -0.39 is 0 Å². The standard InChI is InChI=1S/C60H38N4S/c1-2-15-41(16-3-1)59-51-23-6-9-24-53(51)61-60(62-59)42-30-28-39(29-31-42)43-32-34-49-48-21-7-10-25-55(48)64(56(49)36-43)45-19-13-18-44(37-45)63(54-26-12-17-40-14-4-5-20-47(40)54)46-33-35-58-52(38-46)50-22-8-11-27-57(50)65-58/h1-38H. The molecule has 5 heteroatoms. The number of nitrogens with zero attached hydrogens (tertiary/aromatic N) is 4. The molecule has 0 spiro atoms. The average molecular weight is 847 g/mol. The van der Waals surface area contributed by atoms with Gasteiger partial charge in [-0.15, -0.1) is 11.3 Å². The Morgan fingerprint density at radius 1 is 0.369 bits per heavy atom. The van der Waals surface area contributed by atoms with Gasteiger partial charge in [0.05, 0.1) is 27.9 Å². The van der Waals surface area contributed by atoms with Gasteiger partial charge in [-0.05, 0) is 83.2 Å². The molecule has 0 fully saturated rings. The molecule has 0 radical (unpaired) electrons. The Labute approximate surface area is 379 Å². The minimum Gasteiger partial charge on any atom is -0.310 e. The Kier molecular flexibility index (Phi) is 8.68. The Bertz CT molecular complexity index is 3950. The van der Waals surface area contributed by atoms with Gasteiger partial charge < -0.3 is 9.47 Å². The SMILES string of the molecule is c1ccc(-c2nc(-c3ccc(-c4ccc5c6ccccc6n(-c6cccc(N(c7ccc8sc9ccccc9c8c7)c7cccc8ccccc78)c6)c5c4)cc3)nc3ccccc23)cc1. The van der Waals surface area contributed by atoms with Crippen LogP contribution in [0.3, 0.4) is 0 Å². The van der Waals surface area contributed by atoms with Crippen LogP contribution in [0.4, 0.5) is 17.1 Å². The smallest absolute Gasteiger partial charge is 0.160 e. The third kappa shape index (κ3) is 6.28. The maximum absolute atomic E-state index is 5.13. The third-order valence-electron chi connectivity index (χ3n) is 12.8. The lowest BCUT2D eigenvalue weighted by Crippen LogP contribution is -2.11. The number of hydrogen-bond donors (Lipinski definition) is 0. The monoisotopic (exact) mass is 846 g/mol. The Morgan fingerprint density at radius 2 is 1.03 bits per heavy atom. The number of hydrogen-bond acceptors (Lipinski definition) is 4. The quantitative estimate of drug-likeness (QED) is 0.160. The van der Waals surface area contributed by atoms with Crippen molar-refractivity contribution in [2.45, 2.75) is 0 Å². The summed E-state index contributed by atoms with van der Waals surface area (Å²) in [6, 6.07) is 82.9. The summed E-state index contributed by atoms with van der Waals surface area (Å²) in [4.78, 5) is 12.6. The van der Waals surface area contributed by atoms with Crippen molar-refractivity contribution in [2.75, 3.05) is 4.90 Å². The fourth-order valence-electron chi connectivity index (χ4n) is 9.72. The molecule has 13 aromatic rings. The lowest BCUT2D eigenvalue weighted by Gasteiger charge is -2.27. The maximum Gasteiger partial charge on any atom is 0.160 e. The highest BCUT2D eigenvalue weighted by molar-refractivity contribution is 7.25. The van der Waals surface area contributed by atoms with Crippen LogP contribution >= 0.6 is 11.3 Å². The van der Waals surface area contributed by atoms with Crippen LogP contribution in [0.5, 0.6) is 0 Å². The van der Waals surface area contributed by atoms with Gasteiger partial charge in [0.1, 0.15) is 0 Å². The zero-order valence-electron chi connectivity index (χ0n) is 35.1. The van der Waals surface area contributed by atoms with E-state index in [1.165, 1.54) is 41.7 Å². The largest absolute Gasteiger partial charge is 0.310 e. The van der Waals surface area contributed by atoms with Gasteiger partial charge in [-0.3, -0.25) is 0 Å². The molecular formula is C60H38N4S. The van der Waals surface area contributed by atoms with Gasteiger partial charge in [0.2, 0.25) is 0 Å². The Morgan fingerprint density at radius 3 is 1.92 bits per heavy atom. The summed E-state index contributed by atoms with van der Waals surface area (Å²) in [7, 11) is 0. The van der Waals surface area contributed by atoms with Gasteiger partial charge in [0.25, 0.3) is 0 Å². The van der Waals surface area contributed by atoms with E-state index in [1.54, 1.807) is 0 Å². The first kappa shape index (κ1) is 37.2. The zero-order chi connectivity index (χ0) is 42.8. The van der Waals surface area contributed by atoms with Crippen LogP contribution in [0.15, 0.2) is 231 Å². The molecule has 0 saturated heterocycles. The first-order valence-electron chi connectivity index (χ1n) is 22.0. The first-order valence-corrected chi connectivity index (χ1v) is 22.8. The topological polar surface area (TPSA) is 34.0 Å². The summed E-state index contributed by atoms with van der Waals surface area (Å²) in [5, 5.41) is 8.45. The molecule has 0 aliphatic heterocycles. The van der Waals surface area contributed by atoms with E-state index in [4.69, 9.17) is 9.97 Å². The van der Waals surface area contributed by atoms with Gasteiger partial charge in [0, 0.05) is 69.9 Å². The molecule has 13 rings (SSSR count).